The lowest BCUT2D eigenvalue weighted by Gasteiger charge is -2.05. The van der Waals surface area contributed by atoms with Crippen LogP contribution in [-0.2, 0) is 0 Å². The summed E-state index contributed by atoms with van der Waals surface area (Å²) in [4.78, 5) is 15.2. The van der Waals surface area contributed by atoms with E-state index < -0.39 is 5.69 Å². The number of rotatable bonds is 1. The largest absolute Gasteiger partial charge is 0.366 e. The molecule has 4 heteroatoms. The molecule has 15 heavy (non-hydrogen) atoms. The Morgan fingerprint density at radius 3 is 2.53 bits per heavy atom. The van der Waals surface area contributed by atoms with Crippen LogP contribution < -0.4 is 11.5 Å². The molecular formula is C11H11N3O. The second kappa shape index (κ2) is 3.57. The Kier molecular flexibility index (Phi) is 2.25. The van der Waals surface area contributed by atoms with E-state index in [1.807, 2.05) is 30.3 Å². The van der Waals surface area contributed by atoms with Gasteiger partial charge in [0, 0.05) is 11.3 Å². The molecule has 0 amide bonds. The molecule has 0 atom stereocenters. The van der Waals surface area contributed by atoms with Gasteiger partial charge < -0.3 is 5.84 Å². The fraction of sp³-hybridized carbons (Fsp3) is 0.0909. The van der Waals surface area contributed by atoms with Crippen molar-refractivity contribution in [1.82, 2.24) is 9.66 Å². The van der Waals surface area contributed by atoms with Crippen LogP contribution in [0.4, 0.5) is 0 Å². The van der Waals surface area contributed by atoms with Crippen molar-refractivity contribution in [3.05, 3.63) is 52.6 Å². The Hall–Kier alpha value is -2.10. The van der Waals surface area contributed by atoms with Gasteiger partial charge >= 0.3 is 5.69 Å². The highest BCUT2D eigenvalue weighted by atomic mass is 16.1. The first-order valence-corrected chi connectivity index (χ1v) is 4.59. The topological polar surface area (TPSA) is 60.9 Å². The third-order valence-electron chi connectivity index (χ3n) is 2.22. The van der Waals surface area contributed by atoms with Crippen LogP contribution in [0.3, 0.4) is 0 Å². The quantitative estimate of drug-likeness (QED) is 0.698. The molecule has 0 radical (unpaired) electrons. The van der Waals surface area contributed by atoms with E-state index in [1.54, 1.807) is 13.0 Å². The normalized spacial score (nSPS) is 10.2. The average molecular weight is 201 g/mol. The van der Waals surface area contributed by atoms with Crippen LogP contribution in [0, 0.1) is 6.92 Å². The number of hydrogen-bond acceptors (Lipinski definition) is 3. The van der Waals surface area contributed by atoms with E-state index >= 15 is 0 Å². The summed E-state index contributed by atoms with van der Waals surface area (Å²) in [5, 5.41) is 0. The molecule has 0 saturated heterocycles. The number of aryl methyl sites for hydroxylation is 1. The molecule has 0 bridgehead atoms. The summed E-state index contributed by atoms with van der Waals surface area (Å²) in [5.41, 5.74) is 1.82. The molecule has 0 spiro atoms. The van der Waals surface area contributed by atoms with Crippen LogP contribution in [0.2, 0.25) is 0 Å². The summed E-state index contributed by atoms with van der Waals surface area (Å²) < 4.78 is 1.03. The van der Waals surface area contributed by atoms with Gasteiger partial charge in [0.05, 0.1) is 5.69 Å². The van der Waals surface area contributed by atoms with Gasteiger partial charge in [0.25, 0.3) is 0 Å². The molecule has 76 valence electrons. The molecular weight excluding hydrogens is 190 g/mol. The zero-order valence-electron chi connectivity index (χ0n) is 8.34. The van der Waals surface area contributed by atoms with Crippen LogP contribution >= 0.6 is 0 Å². The standard InChI is InChI=1S/C11H11N3O/c1-8-7-10(13-11(15)14(8)12)9-5-3-2-4-6-9/h2-7H,12H2,1H3. The number of aromatic nitrogens is 2. The number of nitrogen functional groups attached to an aromatic ring is 1. The van der Waals surface area contributed by atoms with E-state index in [9.17, 15) is 4.79 Å². The first-order chi connectivity index (χ1) is 7.18. The van der Waals surface area contributed by atoms with Gasteiger partial charge in [-0.2, -0.15) is 4.98 Å². The number of benzene rings is 1. The maximum Gasteiger partial charge on any atom is 0.366 e. The van der Waals surface area contributed by atoms with Gasteiger partial charge in [0.1, 0.15) is 0 Å². The highest BCUT2D eigenvalue weighted by Gasteiger charge is 2.03. The van der Waals surface area contributed by atoms with E-state index in [0.717, 1.165) is 10.2 Å². The number of nitrogens with two attached hydrogens (primary N) is 1. The van der Waals surface area contributed by atoms with E-state index in [-0.39, 0.29) is 0 Å². The Morgan fingerprint density at radius 1 is 1.27 bits per heavy atom. The monoisotopic (exact) mass is 201 g/mol. The summed E-state index contributed by atoms with van der Waals surface area (Å²) in [6, 6.07) is 11.3. The highest BCUT2D eigenvalue weighted by Crippen LogP contribution is 2.14. The van der Waals surface area contributed by atoms with Gasteiger partial charge in [-0.05, 0) is 13.0 Å². The molecule has 0 unspecified atom stereocenters. The van der Waals surface area contributed by atoms with E-state index in [0.29, 0.717) is 11.4 Å². The van der Waals surface area contributed by atoms with Crippen molar-refractivity contribution < 1.29 is 0 Å². The van der Waals surface area contributed by atoms with Crippen LogP contribution in [0.15, 0.2) is 41.2 Å². The van der Waals surface area contributed by atoms with E-state index in [2.05, 4.69) is 4.98 Å². The minimum Gasteiger partial charge on any atom is -0.335 e. The predicted octanol–water partition coefficient (Wildman–Crippen LogP) is 0.933. The summed E-state index contributed by atoms with van der Waals surface area (Å²) in [7, 11) is 0. The highest BCUT2D eigenvalue weighted by molar-refractivity contribution is 5.58. The van der Waals surface area contributed by atoms with Gasteiger partial charge in [0.15, 0.2) is 0 Å². The van der Waals surface area contributed by atoms with Crippen LogP contribution in [0.1, 0.15) is 5.69 Å². The van der Waals surface area contributed by atoms with Gasteiger partial charge in [-0.25, -0.2) is 9.47 Å². The molecule has 0 fully saturated rings. The Morgan fingerprint density at radius 2 is 1.93 bits per heavy atom. The smallest absolute Gasteiger partial charge is 0.335 e. The maximum atomic E-state index is 11.4. The summed E-state index contributed by atoms with van der Waals surface area (Å²) in [6.45, 7) is 1.77. The predicted molar refractivity (Wildman–Crippen MR) is 58.8 cm³/mol. The Labute approximate surface area is 87.0 Å². The minimum absolute atomic E-state index is 0.436. The zero-order chi connectivity index (χ0) is 10.8. The molecule has 1 aromatic heterocycles. The van der Waals surface area contributed by atoms with Crippen LogP contribution in [0.5, 0.6) is 0 Å². The molecule has 0 aliphatic rings. The Bertz CT molecular complexity index is 531. The second-order valence-corrected chi connectivity index (χ2v) is 3.30. The van der Waals surface area contributed by atoms with Crippen LogP contribution in [-0.4, -0.2) is 9.66 Å². The van der Waals surface area contributed by atoms with E-state index in [1.165, 1.54) is 0 Å². The van der Waals surface area contributed by atoms with Crippen molar-refractivity contribution in [2.75, 3.05) is 5.84 Å². The summed E-state index contributed by atoms with van der Waals surface area (Å²) >= 11 is 0. The first kappa shape index (κ1) is 9.45. The van der Waals surface area contributed by atoms with Crippen molar-refractivity contribution in [2.24, 2.45) is 0 Å². The molecule has 2 rings (SSSR count). The summed E-state index contributed by atoms with van der Waals surface area (Å²) in [5.74, 6) is 5.47. The zero-order valence-corrected chi connectivity index (χ0v) is 8.34. The third kappa shape index (κ3) is 1.74. The molecule has 0 saturated carbocycles. The maximum absolute atomic E-state index is 11.4. The lowest BCUT2D eigenvalue weighted by molar-refractivity contribution is 0.834. The molecule has 1 aromatic carbocycles. The molecule has 2 N–H and O–H groups in total. The molecule has 0 aliphatic heterocycles. The van der Waals surface area contributed by atoms with Crippen molar-refractivity contribution in [3.63, 3.8) is 0 Å². The van der Waals surface area contributed by atoms with Gasteiger partial charge in [0.2, 0.25) is 0 Å². The summed E-state index contributed by atoms with van der Waals surface area (Å²) in [6.07, 6.45) is 0. The SMILES string of the molecule is Cc1cc(-c2ccccc2)nc(=O)n1N. The number of hydrogen-bond donors (Lipinski definition) is 1. The lowest BCUT2D eigenvalue weighted by atomic mass is 10.1. The molecule has 1 heterocycles. The average Bonchev–Trinajstić information content (AvgIpc) is 2.26. The second-order valence-electron chi connectivity index (χ2n) is 3.30. The fourth-order valence-electron chi connectivity index (χ4n) is 1.36. The van der Waals surface area contributed by atoms with Gasteiger partial charge in [-0.1, -0.05) is 30.3 Å². The van der Waals surface area contributed by atoms with Crippen LogP contribution in [0.25, 0.3) is 11.3 Å². The lowest BCUT2D eigenvalue weighted by Crippen LogP contribution is -2.31. The van der Waals surface area contributed by atoms with Crippen molar-refractivity contribution >= 4 is 0 Å². The van der Waals surface area contributed by atoms with Gasteiger partial charge in [-0.3, -0.25) is 0 Å². The Balaban J connectivity index is 2.61. The van der Waals surface area contributed by atoms with Crippen molar-refractivity contribution in [1.29, 1.82) is 0 Å². The van der Waals surface area contributed by atoms with E-state index in [4.69, 9.17) is 5.84 Å². The number of nitrogens with zero attached hydrogens (tertiary/aromatic N) is 2. The molecule has 2 aromatic rings. The van der Waals surface area contributed by atoms with Gasteiger partial charge in [-0.15, -0.1) is 0 Å². The van der Waals surface area contributed by atoms with Crippen molar-refractivity contribution in [2.45, 2.75) is 6.92 Å². The first-order valence-electron chi connectivity index (χ1n) is 4.59. The molecule has 4 nitrogen and oxygen atoms in total. The minimum atomic E-state index is -0.436. The van der Waals surface area contributed by atoms with Crippen molar-refractivity contribution in [3.8, 4) is 11.3 Å². The fourth-order valence-corrected chi connectivity index (χ4v) is 1.36. The molecule has 0 aliphatic carbocycles. The third-order valence-corrected chi connectivity index (χ3v) is 2.22.